The average Bonchev–Trinajstić information content (AvgIpc) is 2.37. The molecule has 0 aliphatic rings. The minimum atomic E-state index is -0.461. The minimum absolute atomic E-state index is 0.0218. The van der Waals surface area contributed by atoms with Crippen molar-refractivity contribution in [3.63, 3.8) is 0 Å². The number of carbonyl (C=O) groups is 2. The molecule has 0 spiro atoms. The van der Waals surface area contributed by atoms with Gasteiger partial charge in [0.25, 0.3) is 0 Å². The highest BCUT2D eigenvalue weighted by Gasteiger charge is 2.13. The van der Waals surface area contributed by atoms with Gasteiger partial charge in [0.15, 0.2) is 0 Å². The molecule has 0 saturated heterocycles. The van der Waals surface area contributed by atoms with E-state index in [-0.39, 0.29) is 12.5 Å². The molecule has 1 aromatic rings. The van der Waals surface area contributed by atoms with Crippen molar-refractivity contribution in [2.75, 3.05) is 25.1 Å². The predicted octanol–water partition coefficient (Wildman–Crippen LogP) is 0.937. The number of nitrogens with zero attached hydrogens (tertiary/aromatic N) is 2. The van der Waals surface area contributed by atoms with Crippen molar-refractivity contribution < 1.29 is 19.1 Å². The first-order chi connectivity index (χ1) is 9.08. The summed E-state index contributed by atoms with van der Waals surface area (Å²) in [6, 6.07) is 0. The van der Waals surface area contributed by atoms with E-state index >= 15 is 0 Å². The first-order valence-electron chi connectivity index (χ1n) is 5.98. The molecule has 0 amide bonds. The van der Waals surface area contributed by atoms with E-state index in [0.29, 0.717) is 24.5 Å². The van der Waals surface area contributed by atoms with Crippen LogP contribution in [0, 0.1) is 6.92 Å². The largest absolute Gasteiger partial charge is 0.465 e. The van der Waals surface area contributed by atoms with E-state index < -0.39 is 11.9 Å². The number of esters is 2. The molecule has 0 bridgehead atoms. The number of aryl methyl sites for hydroxylation is 1. The van der Waals surface area contributed by atoms with E-state index in [0.717, 1.165) is 0 Å². The Balaban J connectivity index is 2.66. The van der Waals surface area contributed by atoms with E-state index in [1.54, 1.807) is 20.8 Å². The van der Waals surface area contributed by atoms with E-state index in [2.05, 4.69) is 15.3 Å². The predicted molar refractivity (Wildman–Crippen MR) is 67.8 cm³/mol. The molecule has 0 aliphatic carbocycles. The van der Waals surface area contributed by atoms with E-state index in [4.69, 9.17) is 9.47 Å². The Labute approximate surface area is 111 Å². The van der Waals surface area contributed by atoms with Gasteiger partial charge in [-0.05, 0) is 20.8 Å². The van der Waals surface area contributed by atoms with Gasteiger partial charge in [-0.2, -0.15) is 0 Å². The second kappa shape index (κ2) is 7.30. The maximum Gasteiger partial charge on any atom is 0.341 e. The molecular weight excluding hydrogens is 250 g/mol. The summed E-state index contributed by atoms with van der Waals surface area (Å²) in [6.07, 6.45) is 1.37. The highest BCUT2D eigenvalue weighted by Crippen LogP contribution is 2.08. The van der Waals surface area contributed by atoms with Crippen molar-refractivity contribution in [3.05, 3.63) is 17.5 Å². The van der Waals surface area contributed by atoms with Gasteiger partial charge in [0.1, 0.15) is 6.54 Å². The molecule has 0 fully saturated rings. The Bertz CT molecular complexity index is 462. The summed E-state index contributed by atoms with van der Waals surface area (Å²) >= 11 is 0. The number of carbonyl (C=O) groups excluding carboxylic acids is 2. The van der Waals surface area contributed by atoms with Crippen LogP contribution in [0.5, 0.6) is 0 Å². The molecule has 0 radical (unpaired) electrons. The number of hydrogen-bond acceptors (Lipinski definition) is 7. The van der Waals surface area contributed by atoms with Gasteiger partial charge in [0.2, 0.25) is 5.95 Å². The zero-order chi connectivity index (χ0) is 14.3. The normalized spacial score (nSPS) is 9.84. The van der Waals surface area contributed by atoms with Crippen molar-refractivity contribution in [1.82, 2.24) is 9.97 Å². The number of anilines is 1. The number of rotatable bonds is 6. The highest BCUT2D eigenvalue weighted by atomic mass is 16.5. The second-order valence-electron chi connectivity index (χ2n) is 3.57. The summed E-state index contributed by atoms with van der Waals surface area (Å²) in [7, 11) is 0. The van der Waals surface area contributed by atoms with Gasteiger partial charge in [0.05, 0.1) is 24.5 Å². The molecule has 1 rings (SSSR count). The fourth-order valence-corrected chi connectivity index (χ4v) is 1.32. The Morgan fingerprint density at radius 3 is 2.53 bits per heavy atom. The minimum Gasteiger partial charge on any atom is -0.465 e. The van der Waals surface area contributed by atoms with Crippen LogP contribution in [-0.4, -0.2) is 41.7 Å². The van der Waals surface area contributed by atoms with Crippen LogP contribution in [-0.2, 0) is 14.3 Å². The molecule has 7 nitrogen and oxygen atoms in total. The molecule has 0 aromatic carbocycles. The zero-order valence-electron chi connectivity index (χ0n) is 11.2. The molecule has 1 heterocycles. The Hall–Kier alpha value is -2.18. The third kappa shape index (κ3) is 4.53. The van der Waals surface area contributed by atoms with E-state index in [9.17, 15) is 9.59 Å². The van der Waals surface area contributed by atoms with Crippen LogP contribution < -0.4 is 5.32 Å². The SMILES string of the molecule is CCOC(=O)CNc1ncc(C(=O)OCC)c(C)n1. The molecular formula is C12H17N3O4. The fourth-order valence-electron chi connectivity index (χ4n) is 1.32. The molecule has 0 atom stereocenters. The topological polar surface area (TPSA) is 90.4 Å². The Kier molecular flexibility index (Phi) is 5.72. The lowest BCUT2D eigenvalue weighted by Crippen LogP contribution is -2.19. The molecule has 19 heavy (non-hydrogen) atoms. The monoisotopic (exact) mass is 267 g/mol. The van der Waals surface area contributed by atoms with Crippen molar-refractivity contribution in [2.24, 2.45) is 0 Å². The summed E-state index contributed by atoms with van der Waals surface area (Å²) < 4.78 is 9.62. The summed E-state index contributed by atoms with van der Waals surface area (Å²) in [5, 5.41) is 2.72. The second-order valence-corrected chi connectivity index (χ2v) is 3.57. The number of ether oxygens (including phenoxy) is 2. The highest BCUT2D eigenvalue weighted by molar-refractivity contribution is 5.90. The van der Waals surface area contributed by atoms with Crippen molar-refractivity contribution in [2.45, 2.75) is 20.8 Å². The average molecular weight is 267 g/mol. The third-order valence-corrected chi connectivity index (χ3v) is 2.17. The van der Waals surface area contributed by atoms with Gasteiger partial charge >= 0.3 is 11.9 Å². The van der Waals surface area contributed by atoms with Gasteiger partial charge in [-0.3, -0.25) is 4.79 Å². The number of aromatic nitrogens is 2. The van der Waals surface area contributed by atoms with Crippen LogP contribution in [0.1, 0.15) is 29.9 Å². The standard InChI is InChI=1S/C12H17N3O4/c1-4-18-10(16)7-14-12-13-6-9(8(3)15-12)11(17)19-5-2/h6H,4-5,7H2,1-3H3,(H,13,14,15). The van der Waals surface area contributed by atoms with E-state index in [1.165, 1.54) is 6.20 Å². The van der Waals surface area contributed by atoms with Gasteiger partial charge < -0.3 is 14.8 Å². The van der Waals surface area contributed by atoms with Crippen LogP contribution in [0.15, 0.2) is 6.20 Å². The van der Waals surface area contributed by atoms with Crippen molar-refractivity contribution in [3.8, 4) is 0 Å². The zero-order valence-corrected chi connectivity index (χ0v) is 11.2. The Morgan fingerprint density at radius 1 is 1.26 bits per heavy atom. The first kappa shape index (κ1) is 14.9. The van der Waals surface area contributed by atoms with Crippen LogP contribution in [0.25, 0.3) is 0 Å². The summed E-state index contributed by atoms with van der Waals surface area (Å²) in [5.41, 5.74) is 0.795. The molecule has 1 aromatic heterocycles. The van der Waals surface area contributed by atoms with Crippen molar-refractivity contribution in [1.29, 1.82) is 0 Å². The van der Waals surface area contributed by atoms with Gasteiger partial charge in [-0.15, -0.1) is 0 Å². The fraction of sp³-hybridized carbons (Fsp3) is 0.500. The van der Waals surface area contributed by atoms with Crippen LogP contribution in [0.3, 0.4) is 0 Å². The van der Waals surface area contributed by atoms with Crippen molar-refractivity contribution >= 4 is 17.9 Å². The van der Waals surface area contributed by atoms with Gasteiger partial charge in [-0.25, -0.2) is 14.8 Å². The number of nitrogens with one attached hydrogen (secondary N) is 1. The Morgan fingerprint density at radius 2 is 1.95 bits per heavy atom. The molecule has 1 N–H and O–H groups in total. The lowest BCUT2D eigenvalue weighted by atomic mass is 10.2. The smallest absolute Gasteiger partial charge is 0.341 e. The van der Waals surface area contributed by atoms with Crippen LogP contribution in [0.4, 0.5) is 5.95 Å². The first-order valence-corrected chi connectivity index (χ1v) is 5.98. The maximum absolute atomic E-state index is 11.5. The molecule has 0 saturated carbocycles. The molecule has 7 heteroatoms. The molecule has 0 unspecified atom stereocenters. The molecule has 0 aliphatic heterocycles. The van der Waals surface area contributed by atoms with E-state index in [1.807, 2.05) is 0 Å². The molecule has 104 valence electrons. The summed E-state index contributed by atoms with van der Waals surface area (Å²) in [6.45, 7) is 5.72. The lowest BCUT2D eigenvalue weighted by Gasteiger charge is -2.07. The van der Waals surface area contributed by atoms with Gasteiger partial charge in [-0.1, -0.05) is 0 Å². The van der Waals surface area contributed by atoms with Gasteiger partial charge in [0, 0.05) is 6.20 Å². The van der Waals surface area contributed by atoms with Crippen LogP contribution >= 0.6 is 0 Å². The quantitative estimate of drug-likeness (QED) is 0.767. The lowest BCUT2D eigenvalue weighted by molar-refractivity contribution is -0.140. The maximum atomic E-state index is 11.5. The summed E-state index contributed by atoms with van der Waals surface area (Å²) in [5.74, 6) is -0.589. The number of hydrogen-bond donors (Lipinski definition) is 1. The third-order valence-electron chi connectivity index (χ3n) is 2.17. The van der Waals surface area contributed by atoms with Crippen LogP contribution in [0.2, 0.25) is 0 Å². The summed E-state index contributed by atoms with van der Waals surface area (Å²) in [4.78, 5) is 30.7.